The van der Waals surface area contributed by atoms with Gasteiger partial charge in [0.05, 0.1) is 18.4 Å². The smallest absolute Gasteiger partial charge is 0.308 e. The highest BCUT2D eigenvalue weighted by Crippen LogP contribution is 2.29. The van der Waals surface area contributed by atoms with E-state index in [1.54, 1.807) is 0 Å². The molecular formula is C18H32O4. The van der Waals surface area contributed by atoms with Gasteiger partial charge in [0, 0.05) is 0 Å². The first-order valence-corrected chi connectivity index (χ1v) is 9.04. The first-order chi connectivity index (χ1) is 10.6. The van der Waals surface area contributed by atoms with Crippen LogP contribution in [0.1, 0.15) is 84.0 Å². The molecular weight excluding hydrogens is 280 g/mol. The number of unbranched alkanes of at least 4 members (excludes halogenated alkanes) is 7. The van der Waals surface area contributed by atoms with E-state index in [4.69, 9.17) is 9.84 Å². The van der Waals surface area contributed by atoms with Crippen LogP contribution in [0.4, 0.5) is 0 Å². The first-order valence-electron chi connectivity index (χ1n) is 9.04. The van der Waals surface area contributed by atoms with Crippen molar-refractivity contribution in [3.8, 4) is 0 Å². The monoisotopic (exact) mass is 312 g/mol. The maximum atomic E-state index is 11.9. The molecule has 1 N–H and O–H groups in total. The highest BCUT2D eigenvalue weighted by molar-refractivity contribution is 5.74. The first kappa shape index (κ1) is 19.0. The molecule has 0 aliphatic heterocycles. The van der Waals surface area contributed by atoms with Gasteiger partial charge in [0.15, 0.2) is 0 Å². The number of carboxylic acids is 1. The topological polar surface area (TPSA) is 63.6 Å². The van der Waals surface area contributed by atoms with Crippen LogP contribution in [0, 0.1) is 11.8 Å². The SMILES string of the molecule is CCCCCCCCCCOC(=O)C1CCC(C(=O)O)CC1. The van der Waals surface area contributed by atoms with Gasteiger partial charge in [-0.1, -0.05) is 51.9 Å². The van der Waals surface area contributed by atoms with E-state index in [0.717, 1.165) is 12.8 Å². The fourth-order valence-corrected chi connectivity index (χ4v) is 3.10. The molecule has 0 unspecified atom stereocenters. The fourth-order valence-electron chi connectivity index (χ4n) is 3.10. The van der Waals surface area contributed by atoms with Gasteiger partial charge in [0.2, 0.25) is 0 Å². The zero-order valence-electron chi connectivity index (χ0n) is 14.0. The van der Waals surface area contributed by atoms with Gasteiger partial charge < -0.3 is 9.84 Å². The molecule has 22 heavy (non-hydrogen) atoms. The summed E-state index contributed by atoms with van der Waals surface area (Å²) in [5.74, 6) is -1.20. The molecule has 0 aromatic heterocycles. The van der Waals surface area contributed by atoms with E-state index in [9.17, 15) is 9.59 Å². The maximum absolute atomic E-state index is 11.9. The summed E-state index contributed by atoms with van der Waals surface area (Å²) >= 11 is 0. The van der Waals surface area contributed by atoms with Crippen molar-refractivity contribution in [2.45, 2.75) is 84.0 Å². The van der Waals surface area contributed by atoms with Crippen LogP contribution in [0.15, 0.2) is 0 Å². The molecule has 0 heterocycles. The average Bonchev–Trinajstić information content (AvgIpc) is 2.53. The Morgan fingerprint density at radius 1 is 0.864 bits per heavy atom. The van der Waals surface area contributed by atoms with Gasteiger partial charge in [0.25, 0.3) is 0 Å². The molecule has 0 spiro atoms. The van der Waals surface area contributed by atoms with E-state index in [1.165, 1.54) is 38.5 Å². The number of carboxylic acid groups (broad SMARTS) is 1. The fraction of sp³-hybridized carbons (Fsp3) is 0.889. The van der Waals surface area contributed by atoms with E-state index in [1.807, 2.05) is 0 Å². The number of hydrogen-bond acceptors (Lipinski definition) is 3. The van der Waals surface area contributed by atoms with Crippen LogP contribution in [0.3, 0.4) is 0 Å². The zero-order chi connectivity index (χ0) is 16.2. The summed E-state index contributed by atoms with van der Waals surface area (Å²) in [6.45, 7) is 2.75. The Kier molecular flexibility index (Phi) is 9.93. The standard InChI is InChI=1S/C18H32O4/c1-2-3-4-5-6-7-8-9-14-22-18(21)16-12-10-15(11-13-16)17(19)20/h15-16H,2-14H2,1H3,(H,19,20). The molecule has 4 nitrogen and oxygen atoms in total. The predicted octanol–water partition coefficient (Wildman–Crippen LogP) is 4.56. The predicted molar refractivity (Wildman–Crippen MR) is 86.7 cm³/mol. The molecule has 128 valence electrons. The number of carbonyl (C=O) groups excluding carboxylic acids is 1. The maximum Gasteiger partial charge on any atom is 0.308 e. The Morgan fingerprint density at radius 2 is 1.36 bits per heavy atom. The molecule has 1 aliphatic rings. The lowest BCUT2D eigenvalue weighted by atomic mass is 9.82. The van der Waals surface area contributed by atoms with E-state index < -0.39 is 5.97 Å². The van der Waals surface area contributed by atoms with Crippen LogP contribution in [0.5, 0.6) is 0 Å². The molecule has 0 bridgehead atoms. The molecule has 1 fully saturated rings. The Bertz CT molecular complexity index is 319. The number of rotatable bonds is 11. The van der Waals surface area contributed by atoms with Crippen LogP contribution in [0.25, 0.3) is 0 Å². The minimum Gasteiger partial charge on any atom is -0.481 e. The van der Waals surface area contributed by atoms with E-state index in [2.05, 4.69) is 6.92 Å². The minimum absolute atomic E-state index is 0.0790. The highest BCUT2D eigenvalue weighted by Gasteiger charge is 2.30. The van der Waals surface area contributed by atoms with Crippen LogP contribution in [-0.4, -0.2) is 23.7 Å². The van der Waals surface area contributed by atoms with Gasteiger partial charge >= 0.3 is 11.9 Å². The largest absolute Gasteiger partial charge is 0.481 e. The lowest BCUT2D eigenvalue weighted by Crippen LogP contribution is -2.27. The minimum atomic E-state index is -0.731. The number of esters is 1. The van der Waals surface area contributed by atoms with Crippen molar-refractivity contribution in [3.63, 3.8) is 0 Å². The summed E-state index contributed by atoms with van der Waals surface area (Å²) in [6.07, 6.45) is 12.4. The average molecular weight is 312 g/mol. The van der Waals surface area contributed by atoms with Gasteiger partial charge in [-0.15, -0.1) is 0 Å². The van der Waals surface area contributed by atoms with Gasteiger partial charge in [-0.2, -0.15) is 0 Å². The van der Waals surface area contributed by atoms with E-state index in [0.29, 0.717) is 32.3 Å². The van der Waals surface area contributed by atoms with Gasteiger partial charge in [-0.3, -0.25) is 9.59 Å². The van der Waals surface area contributed by atoms with Crippen molar-refractivity contribution in [1.82, 2.24) is 0 Å². The summed E-state index contributed by atoms with van der Waals surface area (Å²) in [5.41, 5.74) is 0. The number of carbonyl (C=O) groups is 2. The number of aliphatic carboxylic acids is 1. The molecule has 0 aromatic carbocycles. The van der Waals surface area contributed by atoms with Crippen molar-refractivity contribution in [3.05, 3.63) is 0 Å². The molecule has 0 radical (unpaired) electrons. The second-order valence-electron chi connectivity index (χ2n) is 6.53. The summed E-state index contributed by atoms with van der Waals surface area (Å²) in [6, 6.07) is 0. The molecule has 0 amide bonds. The summed E-state index contributed by atoms with van der Waals surface area (Å²) in [4.78, 5) is 22.8. The molecule has 4 heteroatoms. The van der Waals surface area contributed by atoms with Gasteiger partial charge in [-0.25, -0.2) is 0 Å². The van der Waals surface area contributed by atoms with Crippen LogP contribution in [0.2, 0.25) is 0 Å². The Morgan fingerprint density at radius 3 is 1.91 bits per heavy atom. The molecule has 1 saturated carbocycles. The Balaban J connectivity index is 1.97. The van der Waals surface area contributed by atoms with Crippen molar-refractivity contribution in [2.24, 2.45) is 11.8 Å². The second kappa shape index (κ2) is 11.5. The third kappa shape index (κ3) is 7.81. The van der Waals surface area contributed by atoms with E-state index >= 15 is 0 Å². The third-order valence-electron chi connectivity index (χ3n) is 4.65. The van der Waals surface area contributed by atoms with Crippen LogP contribution in [-0.2, 0) is 14.3 Å². The third-order valence-corrected chi connectivity index (χ3v) is 4.65. The van der Waals surface area contributed by atoms with E-state index in [-0.39, 0.29) is 17.8 Å². The second-order valence-corrected chi connectivity index (χ2v) is 6.53. The Hall–Kier alpha value is -1.06. The summed E-state index contributed by atoms with van der Waals surface area (Å²) in [7, 11) is 0. The quantitative estimate of drug-likeness (QED) is 0.448. The Labute approximate surface area is 134 Å². The summed E-state index contributed by atoms with van der Waals surface area (Å²) in [5, 5.41) is 8.94. The lowest BCUT2D eigenvalue weighted by molar-refractivity contribution is -0.152. The van der Waals surface area contributed by atoms with Gasteiger partial charge in [0.1, 0.15) is 0 Å². The van der Waals surface area contributed by atoms with Crippen LogP contribution >= 0.6 is 0 Å². The molecule has 1 aliphatic carbocycles. The van der Waals surface area contributed by atoms with Gasteiger partial charge in [-0.05, 0) is 32.1 Å². The molecule has 0 saturated heterocycles. The number of hydrogen-bond donors (Lipinski definition) is 1. The van der Waals surface area contributed by atoms with Crippen molar-refractivity contribution >= 4 is 11.9 Å². The normalized spacial score (nSPS) is 21.5. The zero-order valence-corrected chi connectivity index (χ0v) is 14.0. The number of ether oxygens (including phenoxy) is 1. The van der Waals surface area contributed by atoms with Crippen molar-refractivity contribution in [2.75, 3.05) is 6.61 Å². The molecule has 0 aromatic rings. The lowest BCUT2D eigenvalue weighted by Gasteiger charge is -2.24. The molecule has 0 atom stereocenters. The molecule has 1 rings (SSSR count). The van der Waals surface area contributed by atoms with Crippen molar-refractivity contribution in [1.29, 1.82) is 0 Å². The van der Waals surface area contributed by atoms with Crippen molar-refractivity contribution < 1.29 is 19.4 Å². The summed E-state index contributed by atoms with van der Waals surface area (Å²) < 4.78 is 5.34. The van der Waals surface area contributed by atoms with Crippen LogP contribution < -0.4 is 0 Å². The highest BCUT2D eigenvalue weighted by atomic mass is 16.5.